The number of nitrogens with zero attached hydrogens (tertiary/aromatic N) is 2. The van der Waals surface area contributed by atoms with Gasteiger partial charge in [-0.1, -0.05) is 0 Å². The highest BCUT2D eigenvalue weighted by Gasteiger charge is 2.03. The molecule has 0 aliphatic carbocycles. The summed E-state index contributed by atoms with van der Waals surface area (Å²) in [6.45, 7) is 2.67. The number of nitrogen functional groups attached to an aromatic ring is 1. The Labute approximate surface area is 117 Å². The zero-order valence-corrected chi connectivity index (χ0v) is 11.6. The minimum atomic E-state index is 0.699. The Morgan fingerprint density at radius 1 is 1.15 bits per heavy atom. The molecule has 1 aliphatic rings. The Hall–Kier alpha value is -2.49. The smallest absolute Gasteiger partial charge is 0.128 e. The lowest BCUT2D eigenvalue weighted by Crippen LogP contribution is -2.34. The molecule has 0 radical (unpaired) electrons. The van der Waals surface area contributed by atoms with E-state index in [2.05, 4.69) is 11.2 Å². The number of rotatable bonds is 2. The summed E-state index contributed by atoms with van der Waals surface area (Å²) in [5.41, 5.74) is 7.60. The fourth-order valence-corrected chi connectivity index (χ4v) is 2.16. The monoisotopic (exact) mass is 267 g/mol. The lowest BCUT2D eigenvalue weighted by atomic mass is 10.2. The van der Waals surface area contributed by atoms with Crippen molar-refractivity contribution in [2.24, 2.45) is 4.99 Å². The fraction of sp³-hybridized carbons (Fsp3) is 0.188. The van der Waals surface area contributed by atoms with E-state index in [0.29, 0.717) is 6.67 Å². The SMILES string of the molecule is Cc1cc(Oc2ccc3c(c2)=CN(C)CN=3)ccc1N. The average molecular weight is 267 g/mol. The Morgan fingerprint density at radius 3 is 2.70 bits per heavy atom. The first kappa shape index (κ1) is 12.5. The van der Waals surface area contributed by atoms with Gasteiger partial charge in [0.05, 0.1) is 5.36 Å². The summed E-state index contributed by atoms with van der Waals surface area (Å²) in [7, 11) is 2.00. The molecular weight excluding hydrogens is 250 g/mol. The number of anilines is 1. The zero-order valence-electron chi connectivity index (χ0n) is 11.6. The van der Waals surface area contributed by atoms with Gasteiger partial charge in [-0.25, -0.2) is 0 Å². The first-order chi connectivity index (χ1) is 9.61. The van der Waals surface area contributed by atoms with Crippen LogP contribution in [-0.4, -0.2) is 18.6 Å². The van der Waals surface area contributed by atoms with Crippen LogP contribution in [0.5, 0.6) is 11.5 Å². The number of hydrogen-bond acceptors (Lipinski definition) is 4. The van der Waals surface area contributed by atoms with E-state index in [-0.39, 0.29) is 0 Å². The third-order valence-electron chi connectivity index (χ3n) is 3.30. The van der Waals surface area contributed by atoms with Gasteiger partial charge in [0.2, 0.25) is 0 Å². The summed E-state index contributed by atoms with van der Waals surface area (Å²) in [6, 6.07) is 11.6. The molecule has 0 unspecified atom stereocenters. The van der Waals surface area contributed by atoms with Gasteiger partial charge in [0.25, 0.3) is 0 Å². The maximum atomic E-state index is 5.88. The molecule has 4 heteroatoms. The summed E-state index contributed by atoms with van der Waals surface area (Å²) >= 11 is 0. The Balaban J connectivity index is 1.94. The van der Waals surface area contributed by atoms with Crippen molar-refractivity contribution in [3.8, 4) is 11.5 Å². The molecule has 0 atom stereocenters. The Bertz CT molecular complexity index is 768. The van der Waals surface area contributed by atoms with Crippen LogP contribution in [0, 0.1) is 6.92 Å². The van der Waals surface area contributed by atoms with Gasteiger partial charge < -0.3 is 15.4 Å². The fourth-order valence-electron chi connectivity index (χ4n) is 2.16. The maximum absolute atomic E-state index is 5.88. The first-order valence-corrected chi connectivity index (χ1v) is 6.52. The molecule has 2 aromatic carbocycles. The van der Waals surface area contributed by atoms with E-state index in [1.54, 1.807) is 0 Å². The van der Waals surface area contributed by atoms with E-state index < -0.39 is 0 Å². The van der Waals surface area contributed by atoms with Gasteiger partial charge in [-0.15, -0.1) is 0 Å². The maximum Gasteiger partial charge on any atom is 0.128 e. The normalized spacial score (nSPS) is 13.2. The molecule has 2 N–H and O–H groups in total. The summed E-state index contributed by atoms with van der Waals surface area (Å²) in [5, 5.41) is 2.08. The standard InChI is InChI=1S/C16H17N3O/c1-11-7-13(3-5-15(11)17)20-14-4-6-16-12(8-14)9-19(2)10-18-16/h3-9H,10,17H2,1-2H3. The lowest BCUT2D eigenvalue weighted by Gasteiger charge is -2.14. The van der Waals surface area contributed by atoms with E-state index in [1.165, 1.54) is 0 Å². The summed E-state index contributed by atoms with van der Waals surface area (Å²) < 4.78 is 5.88. The molecule has 1 heterocycles. The molecule has 0 saturated carbocycles. The van der Waals surface area contributed by atoms with Crippen LogP contribution in [0.4, 0.5) is 5.69 Å². The van der Waals surface area contributed by atoms with Crippen LogP contribution < -0.4 is 21.0 Å². The largest absolute Gasteiger partial charge is 0.457 e. The van der Waals surface area contributed by atoms with Crippen molar-refractivity contribution in [1.82, 2.24) is 4.90 Å². The highest BCUT2D eigenvalue weighted by atomic mass is 16.5. The number of nitrogens with two attached hydrogens (primary N) is 1. The van der Waals surface area contributed by atoms with Gasteiger partial charge in [-0.2, -0.15) is 0 Å². The van der Waals surface area contributed by atoms with E-state index in [4.69, 9.17) is 10.5 Å². The van der Waals surface area contributed by atoms with Crippen LogP contribution >= 0.6 is 0 Å². The zero-order chi connectivity index (χ0) is 14.1. The minimum Gasteiger partial charge on any atom is -0.457 e. The van der Waals surface area contributed by atoms with E-state index in [1.807, 2.05) is 55.3 Å². The van der Waals surface area contributed by atoms with Gasteiger partial charge >= 0.3 is 0 Å². The van der Waals surface area contributed by atoms with E-state index >= 15 is 0 Å². The number of hydrogen-bond donors (Lipinski definition) is 1. The van der Waals surface area contributed by atoms with Crippen molar-refractivity contribution in [2.45, 2.75) is 6.92 Å². The molecule has 0 bridgehead atoms. The molecule has 4 nitrogen and oxygen atoms in total. The van der Waals surface area contributed by atoms with Gasteiger partial charge in [-0.05, 0) is 48.9 Å². The molecular formula is C16H17N3O. The van der Waals surface area contributed by atoms with Crippen molar-refractivity contribution >= 4 is 11.9 Å². The molecule has 0 amide bonds. The summed E-state index contributed by atoms with van der Waals surface area (Å²) in [5.74, 6) is 1.59. The number of fused-ring (bicyclic) bond motifs is 1. The van der Waals surface area contributed by atoms with Crippen LogP contribution in [0.1, 0.15) is 5.56 Å². The summed E-state index contributed by atoms with van der Waals surface area (Å²) in [4.78, 5) is 6.51. The quantitative estimate of drug-likeness (QED) is 0.841. The molecule has 0 aromatic heterocycles. The molecule has 0 spiro atoms. The number of aryl methyl sites for hydroxylation is 1. The Kier molecular flexibility index (Phi) is 3.06. The van der Waals surface area contributed by atoms with Gasteiger partial charge in [0.15, 0.2) is 0 Å². The molecule has 2 aromatic rings. The second-order valence-electron chi connectivity index (χ2n) is 5.03. The molecule has 20 heavy (non-hydrogen) atoms. The molecule has 0 saturated heterocycles. The predicted molar refractivity (Wildman–Crippen MR) is 80.0 cm³/mol. The third kappa shape index (κ3) is 2.45. The van der Waals surface area contributed by atoms with Gasteiger partial charge in [-0.3, -0.25) is 4.99 Å². The van der Waals surface area contributed by atoms with Crippen molar-refractivity contribution < 1.29 is 4.74 Å². The second-order valence-corrected chi connectivity index (χ2v) is 5.03. The van der Waals surface area contributed by atoms with Crippen LogP contribution in [-0.2, 0) is 0 Å². The summed E-state index contributed by atoms with van der Waals surface area (Å²) in [6.07, 6.45) is 2.07. The molecule has 3 rings (SSSR count). The minimum absolute atomic E-state index is 0.699. The van der Waals surface area contributed by atoms with Crippen LogP contribution in [0.2, 0.25) is 0 Å². The predicted octanol–water partition coefficient (Wildman–Crippen LogP) is 1.63. The number of benzene rings is 2. The highest BCUT2D eigenvalue weighted by molar-refractivity contribution is 5.50. The molecule has 0 fully saturated rings. The van der Waals surface area contributed by atoms with Crippen LogP contribution in [0.15, 0.2) is 41.4 Å². The van der Waals surface area contributed by atoms with Crippen molar-refractivity contribution in [3.63, 3.8) is 0 Å². The number of ether oxygens (including phenoxy) is 1. The van der Waals surface area contributed by atoms with Crippen molar-refractivity contribution in [3.05, 3.63) is 52.5 Å². The molecule has 1 aliphatic heterocycles. The van der Waals surface area contributed by atoms with Gasteiger partial charge in [0.1, 0.15) is 18.2 Å². The first-order valence-electron chi connectivity index (χ1n) is 6.52. The second kappa shape index (κ2) is 4.89. The highest BCUT2D eigenvalue weighted by Crippen LogP contribution is 2.23. The van der Waals surface area contributed by atoms with Crippen LogP contribution in [0.25, 0.3) is 6.20 Å². The van der Waals surface area contributed by atoms with Crippen molar-refractivity contribution in [2.75, 3.05) is 19.5 Å². The lowest BCUT2D eigenvalue weighted by molar-refractivity contribution is 0.477. The van der Waals surface area contributed by atoms with E-state index in [9.17, 15) is 0 Å². The molecule has 102 valence electrons. The van der Waals surface area contributed by atoms with E-state index in [0.717, 1.165) is 33.3 Å². The van der Waals surface area contributed by atoms with Crippen LogP contribution in [0.3, 0.4) is 0 Å². The Morgan fingerprint density at radius 2 is 1.90 bits per heavy atom. The van der Waals surface area contributed by atoms with Gasteiger partial charge in [0, 0.05) is 24.2 Å². The average Bonchev–Trinajstić information content (AvgIpc) is 2.42. The topological polar surface area (TPSA) is 50.8 Å². The third-order valence-corrected chi connectivity index (χ3v) is 3.30. The van der Waals surface area contributed by atoms with Crippen molar-refractivity contribution in [1.29, 1.82) is 0 Å².